The topological polar surface area (TPSA) is 9.23 Å². The largest absolute Gasteiger partial charge is 0.373 e. The van der Waals surface area contributed by atoms with Gasteiger partial charge in [-0.3, -0.25) is 0 Å². The predicted molar refractivity (Wildman–Crippen MR) is 104 cm³/mol. The van der Waals surface area contributed by atoms with Crippen LogP contribution in [0, 0.1) is 5.92 Å². The zero-order chi connectivity index (χ0) is 17.0. The van der Waals surface area contributed by atoms with Crippen LogP contribution in [0.25, 0.3) is 0 Å². The highest BCUT2D eigenvalue weighted by Crippen LogP contribution is 2.32. The van der Waals surface area contributed by atoms with Crippen molar-refractivity contribution in [1.29, 1.82) is 0 Å². The quantitative estimate of drug-likeness (QED) is 0.388. The second kappa shape index (κ2) is 11.7. The van der Waals surface area contributed by atoms with E-state index in [9.17, 15) is 0 Å². The van der Waals surface area contributed by atoms with Gasteiger partial charge < -0.3 is 4.74 Å². The Bertz CT molecular complexity index is 414. The van der Waals surface area contributed by atoms with E-state index in [0.717, 1.165) is 12.5 Å². The summed E-state index contributed by atoms with van der Waals surface area (Å²) in [4.78, 5) is 0. The molecule has 1 aromatic carbocycles. The Balaban J connectivity index is 1.66. The molecule has 0 radical (unpaired) electrons. The highest BCUT2D eigenvalue weighted by atomic mass is 16.5. The fraction of sp³-hybridized carbons (Fsp3) is 0.739. The molecular weight excluding hydrogens is 292 g/mol. The molecule has 1 nitrogen and oxygen atoms in total. The van der Waals surface area contributed by atoms with Crippen LogP contribution in [-0.4, -0.2) is 6.61 Å². The third kappa shape index (κ3) is 6.97. The lowest BCUT2D eigenvalue weighted by Gasteiger charge is -2.29. The molecule has 1 heterocycles. The smallest absolute Gasteiger partial charge is 0.0825 e. The number of hydrogen-bond acceptors (Lipinski definition) is 1. The second-order valence-corrected chi connectivity index (χ2v) is 7.67. The lowest BCUT2D eigenvalue weighted by atomic mass is 9.90. The maximum absolute atomic E-state index is 6.19. The van der Waals surface area contributed by atoms with E-state index in [2.05, 4.69) is 38.1 Å². The summed E-state index contributed by atoms with van der Waals surface area (Å²) < 4.78 is 6.19. The molecule has 0 spiro atoms. The minimum Gasteiger partial charge on any atom is -0.373 e. The first-order chi connectivity index (χ1) is 11.8. The summed E-state index contributed by atoms with van der Waals surface area (Å²) in [6, 6.07) is 9.23. The highest BCUT2D eigenvalue weighted by Gasteiger charge is 2.22. The molecule has 2 atom stereocenters. The molecule has 1 aliphatic rings. The first-order valence-electron chi connectivity index (χ1n) is 10.5. The van der Waals surface area contributed by atoms with Crippen LogP contribution < -0.4 is 0 Å². The monoisotopic (exact) mass is 330 g/mol. The molecule has 1 heteroatoms. The van der Waals surface area contributed by atoms with Crippen molar-refractivity contribution in [1.82, 2.24) is 0 Å². The molecular formula is C23H38O. The number of ether oxygens (including phenoxy) is 1. The van der Waals surface area contributed by atoms with E-state index >= 15 is 0 Å². The van der Waals surface area contributed by atoms with Gasteiger partial charge in [-0.25, -0.2) is 0 Å². The van der Waals surface area contributed by atoms with Gasteiger partial charge in [-0.15, -0.1) is 0 Å². The third-order valence-corrected chi connectivity index (χ3v) is 5.51. The van der Waals surface area contributed by atoms with Crippen molar-refractivity contribution in [2.24, 2.45) is 5.92 Å². The maximum atomic E-state index is 6.19. The van der Waals surface area contributed by atoms with E-state index < -0.39 is 0 Å². The van der Waals surface area contributed by atoms with Crippen molar-refractivity contribution >= 4 is 0 Å². The fourth-order valence-electron chi connectivity index (χ4n) is 3.81. The normalized spacial score (nSPS) is 21.1. The number of aryl methyl sites for hydroxylation is 1. The van der Waals surface area contributed by atoms with Crippen LogP contribution in [0.2, 0.25) is 0 Å². The van der Waals surface area contributed by atoms with Crippen molar-refractivity contribution in [3.63, 3.8) is 0 Å². The van der Waals surface area contributed by atoms with E-state index in [4.69, 9.17) is 4.74 Å². The molecule has 1 fully saturated rings. The van der Waals surface area contributed by atoms with E-state index in [1.54, 1.807) is 0 Å². The van der Waals surface area contributed by atoms with E-state index in [1.807, 2.05) is 0 Å². The van der Waals surface area contributed by atoms with Crippen molar-refractivity contribution in [3.8, 4) is 0 Å². The molecule has 24 heavy (non-hydrogen) atoms. The minimum atomic E-state index is 0.339. The molecule has 0 bridgehead atoms. The molecule has 2 rings (SSSR count). The Hall–Kier alpha value is -0.820. The van der Waals surface area contributed by atoms with Crippen LogP contribution in [0.3, 0.4) is 0 Å². The van der Waals surface area contributed by atoms with Crippen LogP contribution in [0.4, 0.5) is 0 Å². The maximum Gasteiger partial charge on any atom is 0.0825 e. The molecule has 0 aliphatic carbocycles. The van der Waals surface area contributed by atoms with Gasteiger partial charge in [-0.1, -0.05) is 83.1 Å². The summed E-state index contributed by atoms with van der Waals surface area (Å²) in [5, 5.41) is 0. The van der Waals surface area contributed by atoms with E-state index in [0.29, 0.717) is 6.10 Å². The molecule has 0 aromatic heterocycles. The van der Waals surface area contributed by atoms with E-state index in [1.165, 1.54) is 88.2 Å². The molecule has 2 unspecified atom stereocenters. The van der Waals surface area contributed by atoms with Crippen LogP contribution in [0.5, 0.6) is 0 Å². The average molecular weight is 331 g/mol. The van der Waals surface area contributed by atoms with Gasteiger partial charge in [-0.05, 0) is 49.1 Å². The Morgan fingerprint density at radius 1 is 0.833 bits per heavy atom. The van der Waals surface area contributed by atoms with Gasteiger partial charge in [0, 0.05) is 0 Å². The van der Waals surface area contributed by atoms with Gasteiger partial charge in [0.2, 0.25) is 0 Å². The molecule has 0 N–H and O–H groups in total. The van der Waals surface area contributed by atoms with Crippen LogP contribution in [0.1, 0.15) is 102 Å². The average Bonchev–Trinajstić information content (AvgIpc) is 2.63. The number of hydrogen-bond donors (Lipinski definition) is 0. The van der Waals surface area contributed by atoms with E-state index in [-0.39, 0.29) is 0 Å². The van der Waals surface area contributed by atoms with Crippen LogP contribution in [-0.2, 0) is 11.2 Å². The standard InChI is InChI=1S/C23H38O/c1-3-5-7-8-10-12-21-15-18-23(24-19-21)22-16-13-20(14-17-22)11-9-6-4-2/h13-14,16-17,21,23H,3-12,15,18-19H2,1-2H3. The molecule has 1 aromatic rings. The molecule has 0 saturated carbocycles. The second-order valence-electron chi connectivity index (χ2n) is 7.67. The summed E-state index contributed by atoms with van der Waals surface area (Å²) in [6.45, 7) is 5.52. The first kappa shape index (κ1) is 19.5. The summed E-state index contributed by atoms with van der Waals surface area (Å²) in [5.74, 6) is 0.802. The summed E-state index contributed by atoms with van der Waals surface area (Å²) in [7, 11) is 0. The number of benzene rings is 1. The van der Waals surface area contributed by atoms with Crippen molar-refractivity contribution < 1.29 is 4.74 Å². The van der Waals surface area contributed by atoms with Gasteiger partial charge in [0.1, 0.15) is 0 Å². The van der Waals surface area contributed by atoms with Crippen molar-refractivity contribution in [2.45, 2.75) is 97.0 Å². The SMILES string of the molecule is CCCCCCCC1CCC(c2ccc(CCCCC)cc2)OC1. The van der Waals surface area contributed by atoms with Gasteiger partial charge in [0.05, 0.1) is 12.7 Å². The molecule has 136 valence electrons. The fourth-order valence-corrected chi connectivity index (χ4v) is 3.81. The minimum absolute atomic E-state index is 0.339. The molecule has 0 amide bonds. The Morgan fingerprint density at radius 3 is 2.21 bits per heavy atom. The zero-order valence-electron chi connectivity index (χ0n) is 16.1. The third-order valence-electron chi connectivity index (χ3n) is 5.51. The zero-order valence-corrected chi connectivity index (χ0v) is 16.1. The van der Waals surface area contributed by atoms with Crippen LogP contribution >= 0.6 is 0 Å². The van der Waals surface area contributed by atoms with Gasteiger partial charge in [0.15, 0.2) is 0 Å². The highest BCUT2D eigenvalue weighted by molar-refractivity contribution is 5.24. The number of rotatable bonds is 11. The predicted octanol–water partition coefficient (Wildman–Crippen LogP) is 7.25. The summed E-state index contributed by atoms with van der Waals surface area (Å²) >= 11 is 0. The lowest BCUT2D eigenvalue weighted by molar-refractivity contribution is -0.0199. The van der Waals surface area contributed by atoms with Crippen molar-refractivity contribution in [2.75, 3.05) is 6.61 Å². The Kier molecular flexibility index (Phi) is 9.50. The van der Waals surface area contributed by atoms with Gasteiger partial charge in [-0.2, -0.15) is 0 Å². The molecule has 1 saturated heterocycles. The van der Waals surface area contributed by atoms with Crippen molar-refractivity contribution in [3.05, 3.63) is 35.4 Å². The Labute approximate surface area is 150 Å². The summed E-state index contributed by atoms with van der Waals surface area (Å²) in [5.41, 5.74) is 2.86. The van der Waals surface area contributed by atoms with Gasteiger partial charge in [0.25, 0.3) is 0 Å². The Morgan fingerprint density at radius 2 is 1.54 bits per heavy atom. The van der Waals surface area contributed by atoms with Gasteiger partial charge >= 0.3 is 0 Å². The van der Waals surface area contributed by atoms with Crippen LogP contribution in [0.15, 0.2) is 24.3 Å². The summed E-state index contributed by atoms with van der Waals surface area (Å²) in [6.07, 6.45) is 16.4. The lowest BCUT2D eigenvalue weighted by Crippen LogP contribution is -2.20. The number of unbranched alkanes of at least 4 members (excludes halogenated alkanes) is 6. The first-order valence-corrected chi connectivity index (χ1v) is 10.5. The molecule has 1 aliphatic heterocycles.